The Bertz CT molecular complexity index is 1020. The molecule has 31 heavy (non-hydrogen) atoms. The van der Waals surface area contributed by atoms with Crippen molar-refractivity contribution in [2.45, 2.75) is 38.6 Å². The van der Waals surface area contributed by atoms with Gasteiger partial charge in [-0.2, -0.15) is 0 Å². The molecule has 2 heterocycles. The fraction of sp³-hybridized carbons (Fsp3) is 0.375. The van der Waals surface area contributed by atoms with Gasteiger partial charge in [-0.3, -0.25) is 14.5 Å². The Balaban J connectivity index is 1.49. The first kappa shape index (κ1) is 20.9. The average Bonchev–Trinajstić information content (AvgIpc) is 3.01. The van der Waals surface area contributed by atoms with E-state index in [-0.39, 0.29) is 12.3 Å². The second kappa shape index (κ2) is 8.41. The number of ether oxygens (including phenoxy) is 2. The van der Waals surface area contributed by atoms with Gasteiger partial charge in [0.15, 0.2) is 17.3 Å². The summed E-state index contributed by atoms with van der Waals surface area (Å²) in [5.74, 6) is 0.383. The highest BCUT2D eigenvalue weighted by Crippen LogP contribution is 2.36. The molecule has 1 fully saturated rings. The van der Waals surface area contributed by atoms with Crippen LogP contribution in [0.5, 0.6) is 11.5 Å². The number of rotatable bonds is 7. The molecule has 0 spiro atoms. The van der Waals surface area contributed by atoms with Crippen LogP contribution in [0.15, 0.2) is 42.5 Å². The van der Waals surface area contributed by atoms with E-state index in [2.05, 4.69) is 12.2 Å². The van der Waals surface area contributed by atoms with Crippen LogP contribution < -0.4 is 14.8 Å². The molecule has 162 valence electrons. The molecule has 0 saturated carbocycles. The van der Waals surface area contributed by atoms with Crippen LogP contribution in [0.2, 0.25) is 0 Å². The summed E-state index contributed by atoms with van der Waals surface area (Å²) in [6, 6.07) is 11.9. The van der Waals surface area contributed by atoms with Crippen molar-refractivity contribution in [3.8, 4) is 11.5 Å². The van der Waals surface area contributed by atoms with E-state index >= 15 is 0 Å². The molecule has 7 heteroatoms. The molecule has 2 aliphatic rings. The highest BCUT2D eigenvalue weighted by Gasteiger charge is 2.49. The smallest absolute Gasteiger partial charge is 0.325 e. The number of ketones is 1. The van der Waals surface area contributed by atoms with E-state index in [9.17, 15) is 14.4 Å². The summed E-state index contributed by atoms with van der Waals surface area (Å²) in [6.07, 6.45) is 3.16. The third-order valence-corrected chi connectivity index (χ3v) is 5.79. The maximum absolute atomic E-state index is 13.2. The number of carbonyl (C=O) groups is 3. The number of unbranched alkanes of at least 4 members (excludes halogenated alkanes) is 1. The summed E-state index contributed by atoms with van der Waals surface area (Å²) >= 11 is 0. The maximum Gasteiger partial charge on any atom is 0.325 e. The van der Waals surface area contributed by atoms with Crippen molar-refractivity contribution in [2.24, 2.45) is 0 Å². The Hall–Kier alpha value is -3.35. The number of aryl methyl sites for hydroxylation is 1. The third kappa shape index (κ3) is 4.00. The van der Waals surface area contributed by atoms with E-state index in [1.54, 1.807) is 37.3 Å². The van der Waals surface area contributed by atoms with Crippen molar-refractivity contribution in [3.63, 3.8) is 0 Å². The van der Waals surface area contributed by atoms with E-state index in [1.165, 1.54) is 5.56 Å². The quantitative estimate of drug-likeness (QED) is 0.546. The second-order valence-electron chi connectivity index (χ2n) is 8.03. The number of fused-ring (bicyclic) bond motifs is 1. The molecule has 7 nitrogen and oxygen atoms in total. The summed E-state index contributed by atoms with van der Waals surface area (Å²) < 4.78 is 11.1. The van der Waals surface area contributed by atoms with Gasteiger partial charge in [0.05, 0.1) is 6.54 Å². The normalized spacial score (nSPS) is 20.0. The molecular formula is C24H26N2O5. The fourth-order valence-electron chi connectivity index (χ4n) is 3.86. The number of Topliss-reactive ketones (excluding diaryl/α,β-unsaturated/α-hetero) is 1. The van der Waals surface area contributed by atoms with Crippen LogP contribution in [0.4, 0.5) is 4.79 Å². The van der Waals surface area contributed by atoms with Crippen molar-refractivity contribution >= 4 is 17.7 Å². The molecule has 2 aromatic carbocycles. The Kier molecular flexibility index (Phi) is 5.67. The zero-order valence-corrected chi connectivity index (χ0v) is 17.8. The monoisotopic (exact) mass is 422 g/mol. The molecule has 1 N–H and O–H groups in total. The highest BCUT2D eigenvalue weighted by atomic mass is 16.6. The van der Waals surface area contributed by atoms with Gasteiger partial charge >= 0.3 is 6.03 Å². The van der Waals surface area contributed by atoms with Gasteiger partial charge < -0.3 is 14.8 Å². The molecule has 3 amide bonds. The Morgan fingerprint density at radius 3 is 2.48 bits per heavy atom. The number of carbonyl (C=O) groups excluding carboxylic acids is 3. The van der Waals surface area contributed by atoms with Crippen molar-refractivity contribution in [1.82, 2.24) is 10.2 Å². The SMILES string of the molecule is CCCCc1ccc(C(=O)CN2C(=O)N[C@](C)(c3ccc4c(c3)OCCO4)C2=O)cc1. The number of nitrogens with zero attached hydrogens (tertiary/aromatic N) is 1. The van der Waals surface area contributed by atoms with Gasteiger partial charge in [-0.25, -0.2) is 4.79 Å². The third-order valence-electron chi connectivity index (χ3n) is 5.79. The lowest BCUT2D eigenvalue weighted by Crippen LogP contribution is -2.41. The number of urea groups is 1. The van der Waals surface area contributed by atoms with Crippen molar-refractivity contribution < 1.29 is 23.9 Å². The van der Waals surface area contributed by atoms with Crippen LogP contribution in [0.3, 0.4) is 0 Å². The van der Waals surface area contributed by atoms with Crippen LogP contribution in [0, 0.1) is 0 Å². The largest absolute Gasteiger partial charge is 0.486 e. The van der Waals surface area contributed by atoms with Crippen LogP contribution >= 0.6 is 0 Å². The molecule has 0 aromatic heterocycles. The summed E-state index contributed by atoms with van der Waals surface area (Å²) in [4.78, 5) is 39.5. The number of nitrogens with one attached hydrogen (secondary N) is 1. The average molecular weight is 422 g/mol. The van der Waals surface area contributed by atoms with E-state index < -0.39 is 17.5 Å². The second-order valence-corrected chi connectivity index (χ2v) is 8.03. The molecule has 1 saturated heterocycles. The predicted molar refractivity (Wildman–Crippen MR) is 114 cm³/mol. The van der Waals surface area contributed by atoms with Gasteiger partial charge in [-0.1, -0.05) is 43.7 Å². The lowest BCUT2D eigenvalue weighted by Gasteiger charge is -2.25. The minimum Gasteiger partial charge on any atom is -0.486 e. The summed E-state index contributed by atoms with van der Waals surface area (Å²) in [6.45, 7) is 4.35. The van der Waals surface area contributed by atoms with Gasteiger partial charge in [0, 0.05) is 5.56 Å². The van der Waals surface area contributed by atoms with E-state index in [1.807, 2.05) is 12.1 Å². The number of hydrogen-bond donors (Lipinski definition) is 1. The molecule has 0 bridgehead atoms. The Morgan fingerprint density at radius 1 is 1.06 bits per heavy atom. The van der Waals surface area contributed by atoms with Crippen molar-refractivity contribution in [1.29, 1.82) is 0 Å². The first-order valence-corrected chi connectivity index (χ1v) is 10.6. The summed E-state index contributed by atoms with van der Waals surface area (Å²) in [5, 5.41) is 2.73. The molecule has 0 radical (unpaired) electrons. The lowest BCUT2D eigenvalue weighted by atomic mass is 9.91. The molecule has 0 unspecified atom stereocenters. The highest BCUT2D eigenvalue weighted by molar-refractivity contribution is 6.11. The van der Waals surface area contributed by atoms with E-state index in [0.29, 0.717) is 35.8 Å². The molecular weight excluding hydrogens is 396 g/mol. The Morgan fingerprint density at radius 2 is 1.77 bits per heavy atom. The van der Waals surface area contributed by atoms with Gasteiger partial charge in [0.2, 0.25) is 0 Å². The molecule has 4 rings (SSSR count). The van der Waals surface area contributed by atoms with Crippen LogP contribution in [0.25, 0.3) is 0 Å². The maximum atomic E-state index is 13.2. The molecule has 2 aromatic rings. The summed E-state index contributed by atoms with van der Waals surface area (Å²) in [7, 11) is 0. The van der Waals surface area contributed by atoms with Crippen LogP contribution in [-0.4, -0.2) is 42.4 Å². The zero-order chi connectivity index (χ0) is 22.0. The molecule has 2 aliphatic heterocycles. The van der Waals surface area contributed by atoms with Crippen LogP contribution in [-0.2, 0) is 16.8 Å². The number of benzene rings is 2. The van der Waals surface area contributed by atoms with Crippen molar-refractivity contribution in [2.75, 3.05) is 19.8 Å². The first-order valence-electron chi connectivity index (χ1n) is 10.6. The minimum atomic E-state index is -1.28. The van der Waals surface area contributed by atoms with E-state index in [0.717, 1.165) is 24.2 Å². The number of amides is 3. The summed E-state index contributed by atoms with van der Waals surface area (Å²) in [5.41, 5.74) is 0.940. The van der Waals surface area contributed by atoms with Gasteiger partial charge in [-0.15, -0.1) is 0 Å². The predicted octanol–water partition coefficient (Wildman–Crippen LogP) is 3.45. The topological polar surface area (TPSA) is 84.9 Å². The number of hydrogen-bond acceptors (Lipinski definition) is 5. The lowest BCUT2D eigenvalue weighted by molar-refractivity contribution is -0.130. The van der Waals surface area contributed by atoms with Crippen LogP contribution in [0.1, 0.15) is 48.2 Å². The minimum absolute atomic E-state index is 0.281. The van der Waals surface area contributed by atoms with E-state index in [4.69, 9.17) is 9.47 Å². The molecule has 0 aliphatic carbocycles. The van der Waals surface area contributed by atoms with Gasteiger partial charge in [0.1, 0.15) is 18.8 Å². The Labute approximate surface area is 181 Å². The first-order chi connectivity index (χ1) is 14.9. The standard InChI is InChI=1S/C24H26N2O5/c1-3-4-5-16-6-8-17(9-7-16)19(27)15-26-22(28)24(2,25-23(26)29)18-10-11-20-21(14-18)31-13-12-30-20/h6-11,14H,3-5,12-13,15H2,1-2H3,(H,25,29)/t24-/m1/s1. The molecule has 1 atom stereocenters. The van der Waals surface area contributed by atoms with Gasteiger partial charge in [0.25, 0.3) is 5.91 Å². The van der Waals surface area contributed by atoms with Gasteiger partial charge in [-0.05, 0) is 43.0 Å². The number of imide groups is 1. The van der Waals surface area contributed by atoms with Crippen molar-refractivity contribution in [3.05, 3.63) is 59.2 Å². The fourth-order valence-corrected chi connectivity index (χ4v) is 3.86. The zero-order valence-electron chi connectivity index (χ0n) is 17.8.